The third-order valence-corrected chi connectivity index (χ3v) is 2.72. The van der Waals surface area contributed by atoms with E-state index < -0.39 is 11.6 Å². The van der Waals surface area contributed by atoms with Gasteiger partial charge in [0, 0.05) is 0 Å². The number of halogens is 2. The fourth-order valence-electron chi connectivity index (χ4n) is 1.47. The summed E-state index contributed by atoms with van der Waals surface area (Å²) in [4.78, 5) is 0. The molecule has 0 unspecified atom stereocenters. The molecular formula is C15H22F2O2. The van der Waals surface area contributed by atoms with E-state index in [-0.39, 0.29) is 11.5 Å². The molecule has 4 heteroatoms. The summed E-state index contributed by atoms with van der Waals surface area (Å²) < 4.78 is 37.8. The molecule has 0 amide bonds. The zero-order valence-electron chi connectivity index (χ0n) is 11.8. The van der Waals surface area contributed by atoms with Crippen molar-refractivity contribution >= 4 is 0 Å². The highest BCUT2D eigenvalue weighted by Crippen LogP contribution is 2.28. The average Bonchev–Trinajstić information content (AvgIpc) is 2.37. The Kier molecular flexibility index (Phi) is 6.60. The van der Waals surface area contributed by atoms with Crippen LogP contribution in [-0.2, 0) is 0 Å². The highest BCUT2D eigenvalue weighted by Gasteiger charge is 2.15. The molecule has 19 heavy (non-hydrogen) atoms. The Morgan fingerprint density at radius 1 is 1.00 bits per heavy atom. The van der Waals surface area contributed by atoms with E-state index in [9.17, 15) is 8.78 Å². The van der Waals surface area contributed by atoms with Crippen LogP contribution in [0.2, 0.25) is 0 Å². The molecule has 0 N–H and O–H groups in total. The van der Waals surface area contributed by atoms with Gasteiger partial charge in [0.15, 0.2) is 11.5 Å². The van der Waals surface area contributed by atoms with Gasteiger partial charge in [0.1, 0.15) is 0 Å². The van der Waals surface area contributed by atoms with Gasteiger partial charge in [-0.05, 0) is 30.9 Å². The van der Waals surface area contributed by atoms with Gasteiger partial charge in [-0.15, -0.1) is 0 Å². The fraction of sp³-hybridized carbons (Fsp3) is 0.600. The summed E-state index contributed by atoms with van der Waals surface area (Å²) in [6, 6.07) is 2.83. The van der Waals surface area contributed by atoms with Gasteiger partial charge in [-0.25, -0.2) is 0 Å². The molecule has 0 bridgehead atoms. The molecule has 0 radical (unpaired) electrons. The van der Waals surface area contributed by atoms with Gasteiger partial charge in [-0.1, -0.05) is 27.2 Å². The Hall–Kier alpha value is -1.32. The quantitative estimate of drug-likeness (QED) is 0.645. The summed E-state index contributed by atoms with van der Waals surface area (Å²) in [6.45, 7) is 6.87. The molecule has 0 aliphatic heterocycles. The number of rotatable bonds is 8. The van der Waals surface area contributed by atoms with Gasteiger partial charge >= 0.3 is 0 Å². The minimum absolute atomic E-state index is 0.0536. The summed E-state index contributed by atoms with van der Waals surface area (Å²) in [5.74, 6) is -1.59. The zero-order valence-corrected chi connectivity index (χ0v) is 11.8. The third-order valence-electron chi connectivity index (χ3n) is 2.72. The van der Waals surface area contributed by atoms with E-state index >= 15 is 0 Å². The SMILES string of the molecule is CCCCOc1ccc(OCCC(C)C)c(F)c1F. The van der Waals surface area contributed by atoms with Crippen molar-refractivity contribution in [3.63, 3.8) is 0 Å². The van der Waals surface area contributed by atoms with Gasteiger partial charge < -0.3 is 9.47 Å². The molecule has 0 aliphatic rings. The van der Waals surface area contributed by atoms with Gasteiger partial charge in [0.25, 0.3) is 0 Å². The lowest BCUT2D eigenvalue weighted by atomic mass is 10.1. The summed E-state index contributed by atoms with van der Waals surface area (Å²) in [7, 11) is 0. The first-order valence-corrected chi connectivity index (χ1v) is 6.79. The van der Waals surface area contributed by atoms with Crippen LogP contribution in [0.15, 0.2) is 12.1 Å². The Balaban J connectivity index is 2.63. The molecule has 1 rings (SSSR count). The van der Waals surface area contributed by atoms with E-state index in [0.29, 0.717) is 19.1 Å². The lowest BCUT2D eigenvalue weighted by Crippen LogP contribution is -2.05. The van der Waals surface area contributed by atoms with Crippen molar-refractivity contribution in [2.75, 3.05) is 13.2 Å². The topological polar surface area (TPSA) is 18.5 Å². The molecule has 0 heterocycles. The van der Waals surface area contributed by atoms with Crippen LogP contribution in [0.3, 0.4) is 0 Å². The summed E-state index contributed by atoms with van der Waals surface area (Å²) in [6.07, 6.45) is 2.56. The summed E-state index contributed by atoms with van der Waals surface area (Å²) in [5.41, 5.74) is 0. The smallest absolute Gasteiger partial charge is 0.204 e. The van der Waals surface area contributed by atoms with Crippen LogP contribution in [0.1, 0.15) is 40.0 Å². The number of benzene rings is 1. The normalized spacial score (nSPS) is 10.8. The molecule has 1 aromatic carbocycles. The molecular weight excluding hydrogens is 250 g/mol. The maximum absolute atomic E-state index is 13.7. The summed E-state index contributed by atoms with van der Waals surface area (Å²) in [5, 5.41) is 0. The molecule has 0 spiro atoms. The van der Waals surface area contributed by atoms with Crippen LogP contribution in [0.4, 0.5) is 8.78 Å². The molecule has 0 aromatic heterocycles. The second kappa shape index (κ2) is 7.97. The van der Waals surface area contributed by atoms with Crippen LogP contribution < -0.4 is 9.47 Å². The lowest BCUT2D eigenvalue weighted by molar-refractivity contribution is 0.261. The molecule has 0 aliphatic carbocycles. The Morgan fingerprint density at radius 3 is 2.00 bits per heavy atom. The van der Waals surface area contributed by atoms with E-state index in [1.165, 1.54) is 12.1 Å². The molecule has 0 fully saturated rings. The van der Waals surface area contributed by atoms with Gasteiger partial charge in [-0.2, -0.15) is 8.78 Å². The molecule has 2 nitrogen and oxygen atoms in total. The van der Waals surface area contributed by atoms with Crippen molar-refractivity contribution in [2.24, 2.45) is 5.92 Å². The fourth-order valence-corrected chi connectivity index (χ4v) is 1.47. The van der Waals surface area contributed by atoms with Crippen LogP contribution in [0.25, 0.3) is 0 Å². The molecule has 1 aromatic rings. The van der Waals surface area contributed by atoms with Crippen molar-refractivity contribution in [3.8, 4) is 11.5 Å². The van der Waals surface area contributed by atoms with Gasteiger partial charge in [0.2, 0.25) is 11.6 Å². The van der Waals surface area contributed by atoms with E-state index in [2.05, 4.69) is 0 Å². The number of hydrogen-bond donors (Lipinski definition) is 0. The average molecular weight is 272 g/mol. The third kappa shape index (κ3) is 5.05. The summed E-state index contributed by atoms with van der Waals surface area (Å²) >= 11 is 0. The molecule has 0 atom stereocenters. The Bertz CT molecular complexity index is 392. The Labute approximate surface area is 113 Å². The van der Waals surface area contributed by atoms with Gasteiger partial charge in [-0.3, -0.25) is 0 Å². The number of unbranched alkanes of at least 4 members (excludes halogenated alkanes) is 1. The number of hydrogen-bond acceptors (Lipinski definition) is 2. The maximum Gasteiger partial charge on any atom is 0.204 e. The minimum atomic E-state index is -0.974. The monoisotopic (exact) mass is 272 g/mol. The van der Waals surface area contributed by atoms with E-state index in [1.807, 2.05) is 20.8 Å². The highest BCUT2D eigenvalue weighted by atomic mass is 19.2. The van der Waals surface area contributed by atoms with E-state index in [1.54, 1.807) is 0 Å². The molecule has 108 valence electrons. The maximum atomic E-state index is 13.7. The van der Waals surface area contributed by atoms with Crippen LogP contribution in [0.5, 0.6) is 11.5 Å². The highest BCUT2D eigenvalue weighted by molar-refractivity contribution is 5.35. The first-order chi connectivity index (χ1) is 9.06. The predicted molar refractivity (Wildman–Crippen MR) is 71.7 cm³/mol. The Morgan fingerprint density at radius 2 is 1.53 bits per heavy atom. The minimum Gasteiger partial charge on any atom is -0.490 e. The first-order valence-electron chi connectivity index (χ1n) is 6.79. The van der Waals surface area contributed by atoms with Crippen molar-refractivity contribution in [3.05, 3.63) is 23.8 Å². The molecule has 0 saturated carbocycles. The van der Waals surface area contributed by atoms with Crippen molar-refractivity contribution in [1.82, 2.24) is 0 Å². The van der Waals surface area contributed by atoms with E-state index in [4.69, 9.17) is 9.47 Å². The number of ether oxygens (including phenoxy) is 2. The van der Waals surface area contributed by atoms with Crippen molar-refractivity contribution in [2.45, 2.75) is 40.0 Å². The first kappa shape index (κ1) is 15.7. The zero-order chi connectivity index (χ0) is 14.3. The van der Waals surface area contributed by atoms with Gasteiger partial charge in [0.05, 0.1) is 13.2 Å². The second-order valence-electron chi connectivity index (χ2n) is 4.92. The lowest BCUT2D eigenvalue weighted by Gasteiger charge is -2.12. The predicted octanol–water partition coefficient (Wildman–Crippen LogP) is 4.57. The standard InChI is InChI=1S/C15H22F2O2/c1-4-5-9-18-12-6-7-13(15(17)14(12)16)19-10-8-11(2)3/h6-7,11H,4-5,8-10H2,1-3H3. The van der Waals surface area contributed by atoms with Crippen LogP contribution >= 0.6 is 0 Å². The van der Waals surface area contributed by atoms with E-state index in [0.717, 1.165) is 19.3 Å². The largest absolute Gasteiger partial charge is 0.490 e. The van der Waals surface area contributed by atoms with Crippen LogP contribution in [0, 0.1) is 17.6 Å². The van der Waals surface area contributed by atoms with Crippen molar-refractivity contribution in [1.29, 1.82) is 0 Å². The van der Waals surface area contributed by atoms with Crippen molar-refractivity contribution < 1.29 is 18.3 Å². The molecule has 0 saturated heterocycles. The second-order valence-corrected chi connectivity index (χ2v) is 4.92. The van der Waals surface area contributed by atoms with Crippen LogP contribution in [-0.4, -0.2) is 13.2 Å².